The molecule has 16 heavy (non-hydrogen) atoms. The standard InChI is InChI=1S/C10H8N2O4/c1-6(13)11-10-4-7-2-3-8(12(14)15)5-9(7)16-10/h2-5H,1H3,(H,11,13). The molecule has 0 aliphatic heterocycles. The summed E-state index contributed by atoms with van der Waals surface area (Å²) in [6.45, 7) is 1.36. The van der Waals surface area contributed by atoms with Crippen LogP contribution in [0.15, 0.2) is 28.7 Å². The van der Waals surface area contributed by atoms with Crippen LogP contribution in [0.5, 0.6) is 0 Å². The van der Waals surface area contributed by atoms with Gasteiger partial charge in [-0.05, 0) is 6.07 Å². The molecule has 0 unspecified atom stereocenters. The van der Waals surface area contributed by atoms with Gasteiger partial charge >= 0.3 is 0 Å². The first-order chi connectivity index (χ1) is 7.56. The second-order valence-electron chi connectivity index (χ2n) is 3.27. The topological polar surface area (TPSA) is 85.4 Å². The summed E-state index contributed by atoms with van der Waals surface area (Å²) in [5.41, 5.74) is 0.328. The van der Waals surface area contributed by atoms with E-state index in [2.05, 4.69) is 5.32 Å². The summed E-state index contributed by atoms with van der Waals surface area (Å²) in [7, 11) is 0. The highest BCUT2D eigenvalue weighted by Crippen LogP contribution is 2.26. The molecule has 2 aromatic rings. The Kier molecular flexibility index (Phi) is 2.32. The Bertz CT molecular complexity index is 573. The number of nitro groups is 1. The van der Waals surface area contributed by atoms with Crippen molar-refractivity contribution >= 4 is 28.4 Å². The van der Waals surface area contributed by atoms with Crippen molar-refractivity contribution in [2.75, 3.05) is 5.32 Å². The molecular weight excluding hydrogens is 212 g/mol. The number of nitrogens with one attached hydrogen (secondary N) is 1. The van der Waals surface area contributed by atoms with Crippen molar-refractivity contribution < 1.29 is 14.1 Å². The van der Waals surface area contributed by atoms with Crippen molar-refractivity contribution in [2.45, 2.75) is 6.92 Å². The zero-order chi connectivity index (χ0) is 11.7. The molecule has 1 aromatic heterocycles. The lowest BCUT2D eigenvalue weighted by atomic mass is 10.2. The lowest BCUT2D eigenvalue weighted by Gasteiger charge is -1.92. The van der Waals surface area contributed by atoms with Crippen LogP contribution in [-0.2, 0) is 4.79 Å². The first-order valence-electron chi connectivity index (χ1n) is 4.52. The van der Waals surface area contributed by atoms with Crippen LogP contribution in [0, 0.1) is 10.1 Å². The zero-order valence-electron chi connectivity index (χ0n) is 8.39. The predicted octanol–water partition coefficient (Wildman–Crippen LogP) is 2.30. The van der Waals surface area contributed by atoms with E-state index in [9.17, 15) is 14.9 Å². The third-order valence-electron chi connectivity index (χ3n) is 2.01. The molecule has 2 rings (SSSR count). The van der Waals surface area contributed by atoms with E-state index in [-0.39, 0.29) is 17.5 Å². The number of carbonyl (C=O) groups excluding carboxylic acids is 1. The number of amides is 1. The number of furan rings is 1. The molecular formula is C10H8N2O4. The van der Waals surface area contributed by atoms with Gasteiger partial charge in [-0.3, -0.25) is 20.2 Å². The Morgan fingerprint density at radius 1 is 1.44 bits per heavy atom. The summed E-state index contributed by atoms with van der Waals surface area (Å²) in [4.78, 5) is 20.8. The molecule has 1 aromatic carbocycles. The molecule has 6 nitrogen and oxygen atoms in total. The van der Waals surface area contributed by atoms with Crippen molar-refractivity contribution in [1.82, 2.24) is 0 Å². The van der Waals surface area contributed by atoms with E-state index in [1.165, 1.54) is 19.1 Å². The maximum absolute atomic E-state index is 10.8. The van der Waals surface area contributed by atoms with Gasteiger partial charge in [-0.15, -0.1) is 0 Å². The minimum atomic E-state index is -0.500. The molecule has 0 saturated carbocycles. The van der Waals surface area contributed by atoms with Crippen LogP contribution in [0.4, 0.5) is 11.6 Å². The first-order valence-corrected chi connectivity index (χ1v) is 4.52. The fraction of sp³-hybridized carbons (Fsp3) is 0.100. The van der Waals surface area contributed by atoms with Gasteiger partial charge in [0.15, 0.2) is 0 Å². The fourth-order valence-electron chi connectivity index (χ4n) is 1.37. The summed E-state index contributed by atoms with van der Waals surface area (Å²) in [6.07, 6.45) is 0. The van der Waals surface area contributed by atoms with Gasteiger partial charge in [0.05, 0.1) is 11.0 Å². The number of hydrogen-bond acceptors (Lipinski definition) is 4. The number of fused-ring (bicyclic) bond motifs is 1. The molecule has 0 bridgehead atoms. The molecule has 1 heterocycles. The van der Waals surface area contributed by atoms with Crippen molar-refractivity contribution in [2.24, 2.45) is 0 Å². The minimum Gasteiger partial charge on any atom is -0.440 e. The largest absolute Gasteiger partial charge is 0.440 e. The average molecular weight is 220 g/mol. The number of nitro benzene ring substituents is 1. The van der Waals surface area contributed by atoms with Crippen LogP contribution in [0.3, 0.4) is 0 Å². The number of non-ortho nitro benzene ring substituents is 1. The third-order valence-corrected chi connectivity index (χ3v) is 2.01. The van der Waals surface area contributed by atoms with Gasteiger partial charge < -0.3 is 4.42 Å². The SMILES string of the molecule is CC(=O)Nc1cc2ccc([N+](=O)[O-])cc2o1. The van der Waals surface area contributed by atoms with Gasteiger partial charge in [0.1, 0.15) is 5.58 Å². The Balaban J connectivity index is 2.45. The third kappa shape index (κ3) is 1.85. The predicted molar refractivity (Wildman–Crippen MR) is 57.2 cm³/mol. The number of nitrogens with zero attached hydrogens (tertiary/aromatic N) is 1. The summed E-state index contributed by atoms with van der Waals surface area (Å²) < 4.78 is 5.23. The van der Waals surface area contributed by atoms with Crippen molar-refractivity contribution in [3.8, 4) is 0 Å². The number of anilines is 1. The normalized spacial score (nSPS) is 10.3. The van der Waals surface area contributed by atoms with Gasteiger partial charge in [0.2, 0.25) is 11.8 Å². The lowest BCUT2D eigenvalue weighted by molar-refractivity contribution is -0.384. The maximum atomic E-state index is 10.8. The summed E-state index contributed by atoms with van der Waals surface area (Å²) in [5, 5.41) is 13.7. The molecule has 0 atom stereocenters. The molecule has 0 radical (unpaired) electrons. The van der Waals surface area contributed by atoms with Gasteiger partial charge in [-0.2, -0.15) is 0 Å². The smallest absolute Gasteiger partial charge is 0.273 e. The molecule has 0 spiro atoms. The zero-order valence-corrected chi connectivity index (χ0v) is 8.39. The van der Waals surface area contributed by atoms with Crippen LogP contribution in [0.1, 0.15) is 6.92 Å². The summed E-state index contributed by atoms with van der Waals surface area (Å²) in [5.74, 6) is 0.0246. The van der Waals surface area contributed by atoms with E-state index in [1.54, 1.807) is 12.1 Å². The highest BCUT2D eigenvalue weighted by Gasteiger charge is 2.10. The number of hydrogen-bond donors (Lipinski definition) is 1. The van der Waals surface area contributed by atoms with Crippen molar-refractivity contribution in [1.29, 1.82) is 0 Å². The van der Waals surface area contributed by atoms with Crippen LogP contribution in [0.2, 0.25) is 0 Å². The van der Waals surface area contributed by atoms with E-state index in [0.29, 0.717) is 11.0 Å². The molecule has 1 N–H and O–H groups in total. The highest BCUT2D eigenvalue weighted by molar-refractivity contribution is 5.91. The van der Waals surface area contributed by atoms with Crippen molar-refractivity contribution in [3.63, 3.8) is 0 Å². The van der Waals surface area contributed by atoms with Gasteiger partial charge in [0, 0.05) is 24.4 Å². The Labute approximate surface area is 90.0 Å². The molecule has 6 heteroatoms. The van der Waals surface area contributed by atoms with E-state index < -0.39 is 4.92 Å². The number of carbonyl (C=O) groups is 1. The van der Waals surface area contributed by atoms with E-state index in [0.717, 1.165) is 0 Å². The van der Waals surface area contributed by atoms with Crippen molar-refractivity contribution in [3.05, 3.63) is 34.4 Å². The van der Waals surface area contributed by atoms with E-state index in [4.69, 9.17) is 4.42 Å². The molecule has 0 saturated heterocycles. The minimum absolute atomic E-state index is 0.0452. The van der Waals surface area contributed by atoms with E-state index in [1.807, 2.05) is 0 Å². The van der Waals surface area contributed by atoms with Crippen LogP contribution < -0.4 is 5.32 Å². The van der Waals surface area contributed by atoms with Crippen LogP contribution in [-0.4, -0.2) is 10.8 Å². The van der Waals surface area contributed by atoms with Gasteiger partial charge in [-0.1, -0.05) is 0 Å². The Morgan fingerprint density at radius 2 is 2.19 bits per heavy atom. The molecule has 1 amide bonds. The van der Waals surface area contributed by atoms with Gasteiger partial charge in [0.25, 0.3) is 5.69 Å². The van der Waals surface area contributed by atoms with Crippen LogP contribution >= 0.6 is 0 Å². The molecule has 0 fully saturated rings. The van der Waals surface area contributed by atoms with E-state index >= 15 is 0 Å². The second kappa shape index (κ2) is 3.65. The second-order valence-corrected chi connectivity index (χ2v) is 3.27. The quantitative estimate of drug-likeness (QED) is 0.621. The lowest BCUT2D eigenvalue weighted by Crippen LogP contribution is -2.04. The number of benzene rings is 1. The summed E-state index contributed by atoms with van der Waals surface area (Å²) in [6, 6.07) is 5.89. The Morgan fingerprint density at radius 3 is 2.81 bits per heavy atom. The molecule has 0 aliphatic rings. The molecule has 0 aliphatic carbocycles. The highest BCUT2D eigenvalue weighted by atomic mass is 16.6. The average Bonchev–Trinajstić information content (AvgIpc) is 2.56. The molecule has 82 valence electrons. The van der Waals surface area contributed by atoms with Crippen LogP contribution in [0.25, 0.3) is 11.0 Å². The van der Waals surface area contributed by atoms with Gasteiger partial charge in [-0.25, -0.2) is 0 Å². The Hall–Kier alpha value is -2.37. The monoisotopic (exact) mass is 220 g/mol. The summed E-state index contributed by atoms with van der Waals surface area (Å²) >= 11 is 0. The fourth-order valence-corrected chi connectivity index (χ4v) is 1.37. The first kappa shape index (κ1) is 10.2. The maximum Gasteiger partial charge on any atom is 0.273 e. The number of rotatable bonds is 2.